The zero-order valence-corrected chi connectivity index (χ0v) is 19.2. The molecule has 3 N–H and O–H groups in total. The summed E-state index contributed by atoms with van der Waals surface area (Å²) < 4.78 is 36.7. The van der Waals surface area contributed by atoms with Gasteiger partial charge >= 0.3 is 0 Å². The third kappa shape index (κ3) is 5.17. The van der Waals surface area contributed by atoms with Gasteiger partial charge in [0.1, 0.15) is 18.1 Å². The number of halogens is 1. The number of fused-ring (bicyclic) bond motifs is 1. The zero-order valence-electron chi connectivity index (χ0n) is 16.0. The summed E-state index contributed by atoms with van der Waals surface area (Å²) >= 11 is 4.23. The predicted octanol–water partition coefficient (Wildman–Crippen LogP) is 4.74. The normalized spacial score (nSPS) is 11.5. The first-order chi connectivity index (χ1) is 14.9. The second-order valence-corrected chi connectivity index (χ2v) is 9.35. The molecule has 4 rings (SSSR count). The van der Waals surface area contributed by atoms with Gasteiger partial charge in [-0.15, -0.1) is 4.33 Å². The smallest absolute Gasteiger partial charge is 0.261 e. The van der Waals surface area contributed by atoms with E-state index in [0.29, 0.717) is 28.4 Å². The number of hydrogen-bond acceptors (Lipinski definition) is 8. The number of pyridine rings is 1. The van der Waals surface area contributed by atoms with Crippen LogP contribution in [0.4, 0.5) is 11.4 Å². The first-order valence-electron chi connectivity index (χ1n) is 8.81. The number of imidazole rings is 1. The number of sulfonamides is 1. The van der Waals surface area contributed by atoms with Gasteiger partial charge < -0.3 is 9.71 Å². The Bertz CT molecular complexity index is 1320. The molecule has 0 radical (unpaired) electrons. The summed E-state index contributed by atoms with van der Waals surface area (Å²) in [5.41, 5.74) is 2.84. The van der Waals surface area contributed by atoms with Gasteiger partial charge in [0.05, 0.1) is 23.2 Å². The van der Waals surface area contributed by atoms with Crippen LogP contribution < -0.4 is 9.44 Å². The summed E-state index contributed by atoms with van der Waals surface area (Å²) in [7, 11) is -2.40. The highest BCUT2D eigenvalue weighted by molar-refractivity contribution is 9.10. The minimum absolute atomic E-state index is 0.157. The van der Waals surface area contributed by atoms with Gasteiger partial charge in [-0.3, -0.25) is 4.72 Å². The van der Waals surface area contributed by atoms with E-state index in [1.165, 1.54) is 19.2 Å². The van der Waals surface area contributed by atoms with Crippen LogP contribution in [0, 0.1) is 0 Å². The molecule has 0 bridgehead atoms. The van der Waals surface area contributed by atoms with Crippen molar-refractivity contribution in [1.82, 2.24) is 15.0 Å². The fourth-order valence-corrected chi connectivity index (χ4v) is 4.52. The molecule has 0 aliphatic heterocycles. The van der Waals surface area contributed by atoms with Crippen molar-refractivity contribution >= 4 is 60.7 Å². The SMILES string of the molecule is COOSNc1cc(NS(=O)(=O)c2ccccc2)cc(-c2nc3ncc(Br)cc3[nH]2)c1. The van der Waals surface area contributed by atoms with Crippen molar-refractivity contribution in [1.29, 1.82) is 0 Å². The Labute approximate surface area is 191 Å². The molecule has 0 fully saturated rings. The van der Waals surface area contributed by atoms with Crippen LogP contribution in [0.25, 0.3) is 22.6 Å². The van der Waals surface area contributed by atoms with Gasteiger partial charge in [0.2, 0.25) is 0 Å². The van der Waals surface area contributed by atoms with E-state index in [9.17, 15) is 8.42 Å². The average Bonchev–Trinajstić information content (AvgIpc) is 3.17. The molecule has 160 valence electrons. The molecule has 2 aromatic carbocycles. The second kappa shape index (κ2) is 9.24. The third-order valence-electron chi connectivity index (χ3n) is 4.08. The maximum absolute atomic E-state index is 12.8. The summed E-state index contributed by atoms with van der Waals surface area (Å²) in [6.45, 7) is 0. The number of aromatic amines is 1. The Morgan fingerprint density at radius 1 is 1.10 bits per heavy atom. The maximum atomic E-state index is 12.8. The number of hydrogen-bond donors (Lipinski definition) is 3. The molecule has 2 heterocycles. The first-order valence-corrected chi connectivity index (χ1v) is 11.8. The van der Waals surface area contributed by atoms with Gasteiger partial charge in [0.25, 0.3) is 10.0 Å². The van der Waals surface area contributed by atoms with Gasteiger partial charge in [-0.25, -0.2) is 23.3 Å². The Kier molecular flexibility index (Phi) is 6.43. The van der Waals surface area contributed by atoms with E-state index in [0.717, 1.165) is 22.2 Å². The van der Waals surface area contributed by atoms with Crippen molar-refractivity contribution in [2.45, 2.75) is 4.90 Å². The van der Waals surface area contributed by atoms with Gasteiger partial charge in [-0.2, -0.15) is 0 Å². The molecular formula is C19H16BrN5O4S2. The molecular weight excluding hydrogens is 506 g/mol. The Morgan fingerprint density at radius 3 is 2.65 bits per heavy atom. The summed E-state index contributed by atoms with van der Waals surface area (Å²) in [6, 6.07) is 15.1. The summed E-state index contributed by atoms with van der Waals surface area (Å²) in [5, 5.41) is 0. The molecule has 0 unspecified atom stereocenters. The number of anilines is 2. The van der Waals surface area contributed by atoms with E-state index < -0.39 is 10.0 Å². The van der Waals surface area contributed by atoms with E-state index in [-0.39, 0.29) is 4.90 Å². The molecule has 12 heteroatoms. The largest absolute Gasteiger partial charge is 0.337 e. The number of nitrogens with zero attached hydrogens (tertiary/aromatic N) is 2. The molecule has 9 nitrogen and oxygen atoms in total. The number of nitrogens with one attached hydrogen (secondary N) is 3. The quantitative estimate of drug-likeness (QED) is 0.0999. The molecule has 4 aromatic rings. The highest BCUT2D eigenvalue weighted by atomic mass is 79.9. The standard InChI is InChI=1S/C19H16BrN5O4S2/c1-28-29-30-24-14-7-12(18-22-17-9-13(20)11-21-19(17)23-18)8-15(10-14)25-31(26,27)16-5-3-2-4-6-16/h2-11,24-25H,1H3,(H,21,22,23). The number of rotatable bonds is 8. The lowest BCUT2D eigenvalue weighted by Crippen LogP contribution is -2.13. The lowest BCUT2D eigenvalue weighted by Gasteiger charge is -2.12. The van der Waals surface area contributed by atoms with Crippen LogP contribution in [-0.2, 0) is 19.2 Å². The molecule has 2 aromatic heterocycles. The Balaban J connectivity index is 1.73. The summed E-state index contributed by atoms with van der Waals surface area (Å²) in [5.74, 6) is 0.530. The minimum atomic E-state index is -3.77. The molecule has 0 aliphatic carbocycles. The minimum Gasteiger partial charge on any atom is -0.337 e. The van der Waals surface area contributed by atoms with Crippen LogP contribution in [0.15, 0.2) is 70.2 Å². The number of benzene rings is 2. The zero-order chi connectivity index (χ0) is 21.8. The van der Waals surface area contributed by atoms with E-state index >= 15 is 0 Å². The van der Waals surface area contributed by atoms with Crippen LogP contribution in [0.2, 0.25) is 0 Å². The van der Waals surface area contributed by atoms with Crippen molar-refractivity contribution in [3.8, 4) is 11.4 Å². The van der Waals surface area contributed by atoms with Crippen LogP contribution in [-0.4, -0.2) is 30.5 Å². The fraction of sp³-hybridized carbons (Fsp3) is 0.0526. The molecule has 0 atom stereocenters. The van der Waals surface area contributed by atoms with Crippen LogP contribution in [0.3, 0.4) is 0 Å². The van der Waals surface area contributed by atoms with E-state index in [1.807, 2.05) is 6.07 Å². The Hall–Kier alpha value is -2.64. The number of aromatic nitrogens is 3. The lowest BCUT2D eigenvalue weighted by molar-refractivity contribution is -0.159. The van der Waals surface area contributed by atoms with E-state index in [4.69, 9.17) is 4.33 Å². The Morgan fingerprint density at radius 2 is 1.87 bits per heavy atom. The van der Waals surface area contributed by atoms with Crippen molar-refractivity contribution < 1.29 is 17.6 Å². The molecule has 31 heavy (non-hydrogen) atoms. The van der Waals surface area contributed by atoms with Crippen molar-refractivity contribution in [2.24, 2.45) is 0 Å². The van der Waals surface area contributed by atoms with Gasteiger partial charge in [-0.1, -0.05) is 18.2 Å². The molecule has 0 saturated heterocycles. The summed E-state index contributed by atoms with van der Waals surface area (Å²) in [4.78, 5) is 16.7. The predicted molar refractivity (Wildman–Crippen MR) is 124 cm³/mol. The van der Waals surface area contributed by atoms with Gasteiger partial charge in [0, 0.05) is 21.9 Å². The van der Waals surface area contributed by atoms with Crippen molar-refractivity contribution in [3.05, 3.63) is 65.3 Å². The molecule has 0 aliphatic rings. The fourth-order valence-electron chi connectivity index (χ4n) is 2.81. The van der Waals surface area contributed by atoms with Gasteiger partial charge in [-0.05, 0) is 52.3 Å². The molecule has 0 amide bonds. The number of H-pyrrole nitrogens is 1. The van der Waals surface area contributed by atoms with E-state index in [1.54, 1.807) is 42.6 Å². The molecule has 0 spiro atoms. The first kappa shape index (κ1) is 21.6. The molecule has 0 saturated carbocycles. The van der Waals surface area contributed by atoms with E-state index in [2.05, 4.69) is 45.2 Å². The van der Waals surface area contributed by atoms with Crippen LogP contribution in [0.1, 0.15) is 0 Å². The monoisotopic (exact) mass is 521 g/mol. The summed E-state index contributed by atoms with van der Waals surface area (Å²) in [6.07, 6.45) is 1.66. The van der Waals surface area contributed by atoms with Crippen molar-refractivity contribution in [2.75, 3.05) is 16.6 Å². The van der Waals surface area contributed by atoms with Crippen LogP contribution in [0.5, 0.6) is 0 Å². The topological polar surface area (TPSA) is 118 Å². The third-order valence-corrected chi connectivity index (χ3v) is 6.43. The highest BCUT2D eigenvalue weighted by Gasteiger charge is 2.16. The highest BCUT2D eigenvalue weighted by Crippen LogP contribution is 2.30. The maximum Gasteiger partial charge on any atom is 0.261 e. The van der Waals surface area contributed by atoms with Crippen molar-refractivity contribution in [3.63, 3.8) is 0 Å². The average molecular weight is 522 g/mol. The van der Waals surface area contributed by atoms with Gasteiger partial charge in [0.15, 0.2) is 5.65 Å². The second-order valence-electron chi connectivity index (χ2n) is 6.25. The lowest BCUT2D eigenvalue weighted by atomic mass is 10.1. The van der Waals surface area contributed by atoms with Crippen LogP contribution >= 0.6 is 28.2 Å².